The number of fused-ring (bicyclic) bond motifs is 1. The van der Waals surface area contributed by atoms with Crippen LogP contribution < -0.4 is 5.73 Å². The Labute approximate surface area is 189 Å². The Kier molecular flexibility index (Phi) is 5.00. The maximum absolute atomic E-state index is 14.7. The van der Waals surface area contributed by atoms with Crippen LogP contribution >= 0.6 is 0 Å². The van der Waals surface area contributed by atoms with Crippen LogP contribution in [0.4, 0.5) is 23.5 Å². The van der Waals surface area contributed by atoms with Gasteiger partial charge in [0.2, 0.25) is 5.95 Å². The molecule has 0 aliphatic rings. The van der Waals surface area contributed by atoms with Crippen molar-refractivity contribution in [3.05, 3.63) is 78.4 Å². The largest absolute Gasteiger partial charge is 0.366 e. The van der Waals surface area contributed by atoms with Crippen molar-refractivity contribution in [2.45, 2.75) is 18.9 Å². The van der Waals surface area contributed by atoms with Crippen LogP contribution in [0.25, 0.3) is 28.3 Å². The fraction of sp³-hybridized carbons (Fsp3) is 0.136. The van der Waals surface area contributed by atoms with Crippen LogP contribution in [0.2, 0.25) is 0 Å². The fourth-order valence-corrected chi connectivity index (χ4v) is 3.67. The lowest BCUT2D eigenvalue weighted by Gasteiger charge is -2.24. The smallest absolute Gasteiger partial charge is 0.271 e. The second kappa shape index (κ2) is 7.90. The number of nitrogens with zero attached hydrogens (tertiary/aromatic N) is 7. The first kappa shape index (κ1) is 21.5. The molecule has 5 aromatic rings. The van der Waals surface area contributed by atoms with Gasteiger partial charge in [-0.2, -0.15) is 10.1 Å². The van der Waals surface area contributed by atoms with Crippen molar-refractivity contribution in [3.63, 3.8) is 0 Å². The van der Waals surface area contributed by atoms with Gasteiger partial charge in [-0.15, -0.1) is 5.10 Å². The lowest BCUT2D eigenvalue weighted by molar-refractivity contribution is -0.0216. The summed E-state index contributed by atoms with van der Waals surface area (Å²) in [6.07, 6.45) is 5.49. The number of anilines is 1. The summed E-state index contributed by atoms with van der Waals surface area (Å²) in [5.41, 5.74) is 6.74. The molecule has 0 unspecified atom stereocenters. The predicted octanol–water partition coefficient (Wildman–Crippen LogP) is 4.15. The number of hydrogen-bond acceptors (Lipinski definition) is 6. The summed E-state index contributed by atoms with van der Waals surface area (Å²) in [6, 6.07) is 5.98. The summed E-state index contributed by atoms with van der Waals surface area (Å²) in [5, 5.41) is 8.22. The number of alkyl halides is 2. The van der Waals surface area contributed by atoms with Crippen molar-refractivity contribution < 1.29 is 17.6 Å². The molecule has 2 N–H and O–H groups in total. The van der Waals surface area contributed by atoms with Gasteiger partial charge in [0.15, 0.2) is 5.65 Å². The van der Waals surface area contributed by atoms with Gasteiger partial charge in [-0.25, -0.2) is 27.1 Å². The van der Waals surface area contributed by atoms with Gasteiger partial charge < -0.3 is 5.73 Å². The molecular formula is C22H16F4N8. The van der Waals surface area contributed by atoms with Crippen LogP contribution in [0.3, 0.4) is 0 Å². The van der Waals surface area contributed by atoms with E-state index in [1.54, 1.807) is 0 Å². The fourth-order valence-electron chi connectivity index (χ4n) is 3.67. The zero-order valence-electron chi connectivity index (χ0n) is 17.6. The van der Waals surface area contributed by atoms with Gasteiger partial charge >= 0.3 is 0 Å². The summed E-state index contributed by atoms with van der Waals surface area (Å²) < 4.78 is 59.4. The first-order chi connectivity index (χ1) is 16.2. The molecule has 4 heterocycles. The van der Waals surface area contributed by atoms with Gasteiger partial charge in [0.1, 0.15) is 29.1 Å². The highest BCUT2D eigenvalue weighted by Crippen LogP contribution is 2.35. The quantitative estimate of drug-likeness (QED) is 0.389. The number of pyridine rings is 1. The molecule has 1 aromatic carbocycles. The first-order valence-electron chi connectivity index (χ1n) is 10.0. The Morgan fingerprint density at radius 1 is 0.941 bits per heavy atom. The second-order valence-electron chi connectivity index (χ2n) is 7.69. The van der Waals surface area contributed by atoms with E-state index in [4.69, 9.17) is 5.73 Å². The summed E-state index contributed by atoms with van der Waals surface area (Å²) in [5.74, 6) is -4.36. The van der Waals surface area contributed by atoms with Gasteiger partial charge in [0.05, 0.1) is 23.7 Å². The number of benzene rings is 1. The molecular weight excluding hydrogens is 452 g/mol. The van der Waals surface area contributed by atoms with E-state index in [9.17, 15) is 17.6 Å². The Morgan fingerprint density at radius 3 is 2.41 bits per heavy atom. The Morgan fingerprint density at radius 2 is 1.68 bits per heavy atom. The van der Waals surface area contributed by atoms with E-state index in [0.29, 0.717) is 0 Å². The lowest BCUT2D eigenvalue weighted by Crippen LogP contribution is -2.29. The van der Waals surface area contributed by atoms with Crippen molar-refractivity contribution in [3.8, 4) is 22.6 Å². The standard InChI is InChI=1S/C22H16F4N8/c1-22(25,26)20(12-2-4-13(23)5-3-12)33-7-6-16(31-33)18-10-28-9-17(29-18)14-11-34-19(8-15(14)24)30-21(27)32-34/h2-11,20H,1H3,(H2,27,32)/t20-/m1/s1. The lowest BCUT2D eigenvalue weighted by atomic mass is 10.0. The summed E-state index contributed by atoms with van der Waals surface area (Å²) in [6.45, 7) is 0.763. The minimum atomic E-state index is -3.20. The van der Waals surface area contributed by atoms with Crippen molar-refractivity contribution >= 4 is 11.6 Å². The summed E-state index contributed by atoms with van der Waals surface area (Å²) in [4.78, 5) is 12.4. The van der Waals surface area contributed by atoms with Gasteiger partial charge in [-0.3, -0.25) is 9.67 Å². The zero-order chi connectivity index (χ0) is 24.0. The van der Waals surface area contributed by atoms with Gasteiger partial charge in [-0.05, 0) is 23.8 Å². The van der Waals surface area contributed by atoms with E-state index < -0.39 is 23.6 Å². The SMILES string of the molecule is CC(F)(F)[C@@H](c1ccc(F)cc1)n1ccc(-c2cncc(-c3cn4nc(N)nc4cc3F)n2)n1. The van der Waals surface area contributed by atoms with E-state index in [1.807, 2.05) is 0 Å². The highest BCUT2D eigenvalue weighted by Gasteiger charge is 2.37. The molecule has 8 nitrogen and oxygen atoms in total. The Balaban J connectivity index is 1.53. The summed E-state index contributed by atoms with van der Waals surface area (Å²) in [7, 11) is 0. The van der Waals surface area contributed by atoms with Crippen LogP contribution in [0, 0.1) is 11.6 Å². The molecule has 172 valence electrons. The van der Waals surface area contributed by atoms with E-state index in [1.165, 1.54) is 53.6 Å². The van der Waals surface area contributed by atoms with Crippen LogP contribution in [0.15, 0.2) is 61.2 Å². The molecule has 0 aliphatic heterocycles. The predicted molar refractivity (Wildman–Crippen MR) is 115 cm³/mol. The van der Waals surface area contributed by atoms with Crippen molar-refractivity contribution in [1.29, 1.82) is 0 Å². The topological polar surface area (TPSA) is 99.8 Å². The van der Waals surface area contributed by atoms with Gasteiger partial charge in [0, 0.05) is 25.4 Å². The minimum Gasteiger partial charge on any atom is -0.366 e. The molecule has 0 spiro atoms. The molecule has 0 aliphatic carbocycles. The van der Waals surface area contributed by atoms with Crippen molar-refractivity contribution in [2.24, 2.45) is 0 Å². The molecule has 34 heavy (non-hydrogen) atoms. The number of rotatable bonds is 5. The molecule has 0 amide bonds. The highest BCUT2D eigenvalue weighted by atomic mass is 19.3. The molecule has 1 atom stereocenters. The maximum atomic E-state index is 14.7. The molecule has 0 saturated heterocycles. The monoisotopic (exact) mass is 468 g/mol. The van der Waals surface area contributed by atoms with E-state index in [0.717, 1.165) is 23.7 Å². The number of nitrogen functional groups attached to an aromatic ring is 1. The van der Waals surface area contributed by atoms with E-state index >= 15 is 0 Å². The third-order valence-electron chi connectivity index (χ3n) is 5.15. The van der Waals surface area contributed by atoms with Crippen LogP contribution in [0.1, 0.15) is 18.5 Å². The third-order valence-corrected chi connectivity index (χ3v) is 5.15. The average Bonchev–Trinajstić information content (AvgIpc) is 3.39. The number of aromatic nitrogens is 7. The third kappa shape index (κ3) is 3.93. The minimum absolute atomic E-state index is 0.00893. The molecule has 5 rings (SSSR count). The molecule has 4 aromatic heterocycles. The van der Waals surface area contributed by atoms with E-state index in [2.05, 4.69) is 25.1 Å². The van der Waals surface area contributed by atoms with Gasteiger partial charge in [0.25, 0.3) is 5.92 Å². The number of halogens is 4. The highest BCUT2D eigenvalue weighted by molar-refractivity contribution is 5.64. The Bertz CT molecular complexity index is 1490. The Hall–Kier alpha value is -4.35. The van der Waals surface area contributed by atoms with Crippen molar-refractivity contribution in [1.82, 2.24) is 34.3 Å². The normalized spacial score (nSPS) is 12.9. The molecule has 12 heteroatoms. The molecule has 0 bridgehead atoms. The first-order valence-corrected chi connectivity index (χ1v) is 10.0. The second-order valence-corrected chi connectivity index (χ2v) is 7.69. The molecule has 0 radical (unpaired) electrons. The van der Waals surface area contributed by atoms with Gasteiger partial charge in [-0.1, -0.05) is 12.1 Å². The zero-order valence-corrected chi connectivity index (χ0v) is 17.6. The number of nitrogens with two attached hydrogens (primary N) is 1. The average molecular weight is 468 g/mol. The maximum Gasteiger partial charge on any atom is 0.271 e. The van der Waals surface area contributed by atoms with Crippen LogP contribution in [0.5, 0.6) is 0 Å². The molecule has 0 fully saturated rings. The van der Waals surface area contributed by atoms with E-state index in [-0.39, 0.29) is 39.8 Å². The number of hydrogen-bond donors (Lipinski definition) is 1. The molecule has 0 saturated carbocycles. The van der Waals surface area contributed by atoms with Crippen LogP contribution in [-0.4, -0.2) is 40.3 Å². The van der Waals surface area contributed by atoms with Crippen LogP contribution in [-0.2, 0) is 0 Å². The van der Waals surface area contributed by atoms with Crippen molar-refractivity contribution in [2.75, 3.05) is 5.73 Å². The summed E-state index contributed by atoms with van der Waals surface area (Å²) >= 11 is 0.